The molecule has 1 atom stereocenters. The second kappa shape index (κ2) is 6.90. The zero-order valence-electron chi connectivity index (χ0n) is 10.9. The molecule has 2 saturated heterocycles. The molecule has 1 unspecified atom stereocenters. The van der Waals surface area contributed by atoms with Gasteiger partial charge in [0, 0.05) is 6.42 Å². The van der Waals surface area contributed by atoms with E-state index in [1.54, 1.807) is 0 Å². The fraction of sp³-hybridized carbons (Fsp3) is 0.786. The predicted octanol–water partition coefficient (Wildman–Crippen LogP) is 4.00. The van der Waals surface area contributed by atoms with E-state index in [1.807, 2.05) is 29.6 Å². The van der Waals surface area contributed by atoms with Crippen LogP contribution in [0.25, 0.3) is 0 Å². The summed E-state index contributed by atoms with van der Waals surface area (Å²) in [6.45, 7) is 3.73. The first-order chi connectivity index (χ1) is 8.74. The normalized spacial score (nSPS) is 26.9. The third-order valence-corrected chi connectivity index (χ3v) is 6.82. The second-order valence-corrected chi connectivity index (χ2v) is 8.24. The lowest BCUT2D eigenvalue weighted by molar-refractivity contribution is -0.154. The third-order valence-electron chi connectivity index (χ3n) is 3.45. The molecule has 0 amide bonds. The lowest BCUT2D eigenvalue weighted by Gasteiger charge is -2.41. The number of hydrogen-bond donors (Lipinski definition) is 0. The summed E-state index contributed by atoms with van der Waals surface area (Å²) in [7, 11) is 0. The van der Waals surface area contributed by atoms with Crippen molar-refractivity contribution in [1.29, 1.82) is 0 Å². The zero-order chi connectivity index (χ0) is 12.8. The number of hydrogen-bond acceptors (Lipinski definition) is 4. The van der Waals surface area contributed by atoms with Gasteiger partial charge in [0.1, 0.15) is 6.10 Å². The van der Waals surface area contributed by atoms with Crippen molar-refractivity contribution in [2.24, 2.45) is 0 Å². The summed E-state index contributed by atoms with van der Waals surface area (Å²) in [5, 5.41) is 0. The minimum atomic E-state index is 0.0110. The Labute approximate surface area is 118 Å². The molecule has 0 aliphatic carbocycles. The van der Waals surface area contributed by atoms with E-state index in [2.05, 4.69) is 6.58 Å². The average Bonchev–Trinajstić information content (AvgIpc) is 2.35. The highest BCUT2D eigenvalue weighted by atomic mass is 32.2. The Hall–Kier alpha value is -0.0900. The van der Waals surface area contributed by atoms with Crippen molar-refractivity contribution in [3.63, 3.8) is 0 Å². The molecular weight excluding hydrogens is 264 g/mol. The number of ether oxygens (including phenoxy) is 1. The van der Waals surface area contributed by atoms with Gasteiger partial charge in [-0.2, -0.15) is 0 Å². The summed E-state index contributed by atoms with van der Waals surface area (Å²) in [6.07, 6.45) is 9.40. The summed E-state index contributed by atoms with van der Waals surface area (Å²) < 4.78 is 5.64. The van der Waals surface area contributed by atoms with Crippen LogP contribution in [0.1, 0.15) is 44.9 Å². The highest BCUT2D eigenvalue weighted by molar-refractivity contribution is 8.18. The van der Waals surface area contributed by atoms with Crippen molar-refractivity contribution >= 4 is 29.5 Å². The molecule has 2 aliphatic rings. The van der Waals surface area contributed by atoms with Gasteiger partial charge in [-0.25, -0.2) is 0 Å². The first kappa shape index (κ1) is 14.3. The third kappa shape index (κ3) is 3.95. The van der Waals surface area contributed by atoms with Crippen LogP contribution in [0.2, 0.25) is 0 Å². The van der Waals surface area contributed by atoms with Crippen LogP contribution in [-0.2, 0) is 9.53 Å². The average molecular weight is 286 g/mol. The molecule has 0 N–H and O–H groups in total. The maximum absolute atomic E-state index is 11.8. The first-order valence-corrected chi connectivity index (χ1v) is 8.79. The van der Waals surface area contributed by atoms with Gasteiger partial charge in [0.05, 0.1) is 10.5 Å². The van der Waals surface area contributed by atoms with Gasteiger partial charge in [-0.3, -0.25) is 4.79 Å². The first-order valence-electron chi connectivity index (χ1n) is 6.82. The van der Waals surface area contributed by atoms with Crippen LogP contribution in [0, 0.1) is 0 Å². The Balaban J connectivity index is 1.83. The molecule has 2 nitrogen and oxygen atoms in total. The topological polar surface area (TPSA) is 26.3 Å². The Morgan fingerprint density at radius 1 is 1.39 bits per heavy atom. The SMILES string of the molecule is C=CCCCCC1CC2(CC(=O)O1)SCCCS2. The number of thioether (sulfide) groups is 2. The van der Waals surface area contributed by atoms with Gasteiger partial charge >= 0.3 is 5.97 Å². The van der Waals surface area contributed by atoms with Crippen molar-refractivity contribution in [3.8, 4) is 0 Å². The van der Waals surface area contributed by atoms with Crippen LogP contribution in [0.4, 0.5) is 0 Å². The van der Waals surface area contributed by atoms with E-state index in [4.69, 9.17) is 4.74 Å². The molecule has 0 aromatic carbocycles. The molecule has 0 aromatic rings. The second-order valence-electron chi connectivity index (χ2n) is 5.03. The van der Waals surface area contributed by atoms with Crippen molar-refractivity contribution < 1.29 is 9.53 Å². The van der Waals surface area contributed by atoms with Crippen molar-refractivity contribution in [3.05, 3.63) is 12.7 Å². The van der Waals surface area contributed by atoms with Crippen LogP contribution in [0.3, 0.4) is 0 Å². The smallest absolute Gasteiger partial charge is 0.308 e. The van der Waals surface area contributed by atoms with Crippen LogP contribution in [-0.4, -0.2) is 27.7 Å². The van der Waals surface area contributed by atoms with Crippen molar-refractivity contribution in [1.82, 2.24) is 0 Å². The summed E-state index contributed by atoms with van der Waals surface area (Å²) in [4.78, 5) is 11.8. The molecule has 2 heterocycles. The van der Waals surface area contributed by atoms with E-state index >= 15 is 0 Å². The summed E-state index contributed by atoms with van der Waals surface area (Å²) in [5.74, 6) is 2.41. The van der Waals surface area contributed by atoms with Gasteiger partial charge in [-0.15, -0.1) is 30.1 Å². The van der Waals surface area contributed by atoms with E-state index in [0.29, 0.717) is 6.42 Å². The van der Waals surface area contributed by atoms with Crippen LogP contribution in [0.15, 0.2) is 12.7 Å². The van der Waals surface area contributed by atoms with E-state index < -0.39 is 0 Å². The lowest BCUT2D eigenvalue weighted by atomic mass is 10.0. The molecule has 0 bridgehead atoms. The van der Waals surface area contributed by atoms with Crippen LogP contribution >= 0.6 is 23.5 Å². The predicted molar refractivity (Wildman–Crippen MR) is 80.0 cm³/mol. The number of cyclic esters (lactones) is 1. The monoisotopic (exact) mass is 286 g/mol. The Morgan fingerprint density at radius 2 is 2.17 bits per heavy atom. The van der Waals surface area contributed by atoms with Crippen LogP contribution in [0.5, 0.6) is 0 Å². The molecule has 102 valence electrons. The number of unbranched alkanes of at least 4 members (excludes halogenated alkanes) is 2. The number of rotatable bonds is 5. The number of esters is 1. The van der Waals surface area contributed by atoms with Crippen LogP contribution < -0.4 is 0 Å². The molecule has 2 rings (SSSR count). The fourth-order valence-corrected chi connectivity index (χ4v) is 5.95. The quantitative estimate of drug-likeness (QED) is 0.433. The Morgan fingerprint density at radius 3 is 2.89 bits per heavy atom. The minimum Gasteiger partial charge on any atom is -0.462 e. The molecule has 0 saturated carbocycles. The molecule has 0 radical (unpaired) electrons. The van der Waals surface area contributed by atoms with Crippen molar-refractivity contribution in [2.45, 2.75) is 55.1 Å². The Kier molecular flexibility index (Phi) is 5.49. The van der Waals surface area contributed by atoms with Crippen molar-refractivity contribution in [2.75, 3.05) is 11.5 Å². The maximum atomic E-state index is 11.8. The standard InChI is InChI=1S/C14H22O2S2/c1-2-3-4-5-7-12-10-14(11-13(15)16-12)17-8-6-9-18-14/h2,12H,1,3-11H2. The van der Waals surface area contributed by atoms with E-state index in [1.165, 1.54) is 17.9 Å². The highest BCUT2D eigenvalue weighted by Gasteiger charge is 2.43. The molecular formula is C14H22O2S2. The largest absolute Gasteiger partial charge is 0.462 e. The Bertz CT molecular complexity index is 298. The molecule has 2 aliphatic heterocycles. The summed E-state index contributed by atoms with van der Waals surface area (Å²) in [6, 6.07) is 0. The fourth-order valence-electron chi connectivity index (χ4n) is 2.57. The number of allylic oxidation sites excluding steroid dienone is 1. The van der Waals surface area contributed by atoms with Gasteiger partial charge in [0.2, 0.25) is 0 Å². The molecule has 18 heavy (non-hydrogen) atoms. The van der Waals surface area contributed by atoms with Gasteiger partial charge in [0.15, 0.2) is 0 Å². The number of carbonyl (C=O) groups is 1. The van der Waals surface area contributed by atoms with Gasteiger partial charge in [0.25, 0.3) is 0 Å². The molecule has 1 spiro atoms. The van der Waals surface area contributed by atoms with E-state index in [0.717, 1.165) is 32.1 Å². The molecule has 4 heteroatoms. The highest BCUT2D eigenvalue weighted by Crippen LogP contribution is 2.50. The molecule has 0 aromatic heterocycles. The number of carbonyl (C=O) groups excluding carboxylic acids is 1. The van der Waals surface area contributed by atoms with Gasteiger partial charge in [-0.05, 0) is 43.6 Å². The van der Waals surface area contributed by atoms with E-state index in [-0.39, 0.29) is 16.2 Å². The summed E-state index contributed by atoms with van der Waals surface area (Å²) in [5.41, 5.74) is 0. The minimum absolute atomic E-state index is 0.0110. The zero-order valence-corrected chi connectivity index (χ0v) is 12.5. The van der Waals surface area contributed by atoms with Gasteiger partial charge in [-0.1, -0.05) is 6.08 Å². The summed E-state index contributed by atoms with van der Waals surface area (Å²) >= 11 is 3.97. The molecule has 2 fully saturated rings. The van der Waals surface area contributed by atoms with E-state index in [9.17, 15) is 4.79 Å². The lowest BCUT2D eigenvalue weighted by Crippen LogP contribution is -2.40. The maximum Gasteiger partial charge on any atom is 0.308 e. The van der Waals surface area contributed by atoms with Gasteiger partial charge < -0.3 is 4.74 Å².